The van der Waals surface area contributed by atoms with Gasteiger partial charge in [-0.3, -0.25) is 16.2 Å². The Morgan fingerprint density at radius 2 is 1.75 bits per heavy atom. The Bertz CT molecular complexity index is 322. The van der Waals surface area contributed by atoms with E-state index in [9.17, 15) is 0 Å². The molecular formula is C16H35N3O. The lowest BCUT2D eigenvalue weighted by Crippen LogP contribution is -2.64. The molecule has 0 aliphatic carbocycles. The number of nitrogens with two attached hydrogens (primary N) is 1. The van der Waals surface area contributed by atoms with Crippen molar-refractivity contribution in [3.05, 3.63) is 0 Å². The van der Waals surface area contributed by atoms with E-state index in [-0.39, 0.29) is 22.8 Å². The molecule has 0 aromatic rings. The molecule has 120 valence electrons. The van der Waals surface area contributed by atoms with Gasteiger partial charge in [-0.05, 0) is 61.1 Å². The molecule has 1 aliphatic rings. The zero-order chi connectivity index (χ0) is 15.8. The number of ether oxygens (including phenoxy) is 1. The average Bonchev–Trinajstić information content (AvgIpc) is 2.48. The molecule has 20 heavy (non-hydrogen) atoms. The number of nitrogens with zero attached hydrogens (tertiary/aromatic N) is 1. The van der Waals surface area contributed by atoms with E-state index in [1.54, 1.807) is 0 Å². The summed E-state index contributed by atoms with van der Waals surface area (Å²) < 4.78 is 6.26. The van der Waals surface area contributed by atoms with Gasteiger partial charge in [0.15, 0.2) is 0 Å². The Hall–Kier alpha value is -0.160. The topological polar surface area (TPSA) is 50.5 Å². The van der Waals surface area contributed by atoms with Crippen LogP contribution in [0.1, 0.15) is 61.8 Å². The first kappa shape index (κ1) is 17.9. The molecule has 0 aromatic carbocycles. The largest absolute Gasteiger partial charge is 0.369 e. The summed E-state index contributed by atoms with van der Waals surface area (Å²) in [6.07, 6.45) is 1.03. The van der Waals surface area contributed by atoms with E-state index in [0.29, 0.717) is 5.92 Å². The predicted octanol–water partition coefficient (Wildman–Crippen LogP) is 2.53. The molecule has 0 spiro atoms. The van der Waals surface area contributed by atoms with Crippen molar-refractivity contribution in [3.8, 4) is 0 Å². The minimum atomic E-state index is -0.162. The number of hydrazine groups is 1. The van der Waals surface area contributed by atoms with Crippen molar-refractivity contribution in [2.75, 3.05) is 13.1 Å². The summed E-state index contributed by atoms with van der Waals surface area (Å²) in [5.41, 5.74) is 2.85. The molecule has 1 aliphatic heterocycles. The van der Waals surface area contributed by atoms with Crippen LogP contribution < -0.4 is 11.3 Å². The highest BCUT2D eigenvalue weighted by Crippen LogP contribution is 2.46. The Kier molecular flexibility index (Phi) is 5.29. The molecule has 2 atom stereocenters. The zero-order valence-corrected chi connectivity index (χ0v) is 14.7. The molecular weight excluding hydrogens is 250 g/mol. The van der Waals surface area contributed by atoms with Crippen LogP contribution in [-0.2, 0) is 4.74 Å². The molecule has 2 unspecified atom stereocenters. The molecule has 1 heterocycles. The van der Waals surface area contributed by atoms with Crippen molar-refractivity contribution in [1.29, 1.82) is 0 Å². The lowest BCUT2D eigenvalue weighted by atomic mass is 9.74. The molecule has 0 bridgehead atoms. The maximum absolute atomic E-state index is 6.26. The van der Waals surface area contributed by atoms with Crippen molar-refractivity contribution in [2.24, 2.45) is 11.8 Å². The second-order valence-corrected chi connectivity index (χ2v) is 7.75. The number of hydrogen-bond acceptors (Lipinski definition) is 4. The number of likely N-dealkylation sites (N-methyl/N-ethyl adjacent to an activating group) is 1. The van der Waals surface area contributed by atoms with Gasteiger partial charge < -0.3 is 4.74 Å². The van der Waals surface area contributed by atoms with Crippen LogP contribution in [0.5, 0.6) is 0 Å². The van der Waals surface area contributed by atoms with Crippen molar-refractivity contribution in [1.82, 2.24) is 10.3 Å². The molecule has 4 heteroatoms. The maximum atomic E-state index is 6.26. The SMILES string of the molecule is CCN(CC)C(C)(C)C(NN)C1CC(C)(C)OC1(C)C. The third-order valence-electron chi connectivity index (χ3n) is 5.07. The Morgan fingerprint density at radius 1 is 1.25 bits per heavy atom. The fraction of sp³-hybridized carbons (Fsp3) is 1.00. The van der Waals surface area contributed by atoms with Crippen LogP contribution in [0.15, 0.2) is 0 Å². The zero-order valence-electron chi connectivity index (χ0n) is 14.7. The first-order valence-corrected chi connectivity index (χ1v) is 7.93. The molecule has 0 amide bonds. The summed E-state index contributed by atoms with van der Waals surface area (Å²) in [6, 6.07) is 0.194. The quantitative estimate of drug-likeness (QED) is 0.581. The summed E-state index contributed by atoms with van der Waals surface area (Å²) in [5, 5.41) is 0. The minimum absolute atomic E-state index is 0.00995. The van der Waals surface area contributed by atoms with Gasteiger partial charge in [0.25, 0.3) is 0 Å². The first-order chi connectivity index (χ1) is 9.01. The van der Waals surface area contributed by atoms with Crippen LogP contribution in [0, 0.1) is 5.92 Å². The van der Waals surface area contributed by atoms with Gasteiger partial charge >= 0.3 is 0 Å². The lowest BCUT2D eigenvalue weighted by molar-refractivity contribution is -0.0844. The maximum Gasteiger partial charge on any atom is 0.0678 e. The van der Waals surface area contributed by atoms with E-state index >= 15 is 0 Å². The molecule has 0 radical (unpaired) electrons. The molecule has 0 aromatic heterocycles. The highest BCUT2D eigenvalue weighted by molar-refractivity contribution is 5.06. The predicted molar refractivity (Wildman–Crippen MR) is 85.5 cm³/mol. The number of hydrogen-bond donors (Lipinski definition) is 2. The highest BCUT2D eigenvalue weighted by Gasteiger charge is 2.53. The minimum Gasteiger partial charge on any atom is -0.369 e. The second kappa shape index (κ2) is 5.91. The smallest absolute Gasteiger partial charge is 0.0678 e. The first-order valence-electron chi connectivity index (χ1n) is 7.93. The molecule has 1 fully saturated rings. The summed E-state index contributed by atoms with van der Waals surface area (Å²) in [6.45, 7) is 19.8. The van der Waals surface area contributed by atoms with Crippen molar-refractivity contribution < 1.29 is 4.74 Å². The van der Waals surface area contributed by atoms with E-state index in [4.69, 9.17) is 10.6 Å². The van der Waals surface area contributed by atoms with Gasteiger partial charge in [-0.25, -0.2) is 0 Å². The molecule has 1 rings (SSSR count). The summed E-state index contributed by atoms with van der Waals surface area (Å²) in [5.74, 6) is 6.35. The van der Waals surface area contributed by atoms with Gasteiger partial charge in [-0.2, -0.15) is 0 Å². The van der Waals surface area contributed by atoms with E-state index in [2.05, 4.69) is 65.7 Å². The van der Waals surface area contributed by atoms with E-state index < -0.39 is 0 Å². The normalized spacial score (nSPS) is 27.0. The van der Waals surface area contributed by atoms with Crippen LogP contribution >= 0.6 is 0 Å². The molecule has 3 N–H and O–H groups in total. The molecule has 0 saturated carbocycles. The molecule has 1 saturated heterocycles. The van der Waals surface area contributed by atoms with E-state index in [1.165, 1.54) is 0 Å². The van der Waals surface area contributed by atoms with Gasteiger partial charge in [0, 0.05) is 17.5 Å². The fourth-order valence-corrected chi connectivity index (χ4v) is 4.17. The van der Waals surface area contributed by atoms with Crippen LogP contribution in [0.25, 0.3) is 0 Å². The van der Waals surface area contributed by atoms with Crippen LogP contribution in [0.3, 0.4) is 0 Å². The third kappa shape index (κ3) is 3.35. The monoisotopic (exact) mass is 285 g/mol. The number of rotatable bonds is 6. The van der Waals surface area contributed by atoms with Crippen molar-refractivity contribution >= 4 is 0 Å². The standard InChI is InChI=1S/C16H35N3O/c1-9-19(10-2)15(5,6)13(18-17)12-11-14(3,4)20-16(12,7)8/h12-13,18H,9-11,17H2,1-8H3. The molecule has 4 nitrogen and oxygen atoms in total. The van der Waals surface area contributed by atoms with E-state index in [0.717, 1.165) is 19.5 Å². The van der Waals surface area contributed by atoms with Gasteiger partial charge in [-0.15, -0.1) is 0 Å². The average molecular weight is 285 g/mol. The van der Waals surface area contributed by atoms with Gasteiger partial charge in [0.2, 0.25) is 0 Å². The number of nitrogens with one attached hydrogen (secondary N) is 1. The highest BCUT2D eigenvalue weighted by atomic mass is 16.5. The van der Waals surface area contributed by atoms with Crippen LogP contribution in [-0.4, -0.2) is 40.8 Å². The van der Waals surface area contributed by atoms with Gasteiger partial charge in [-0.1, -0.05) is 13.8 Å². The summed E-state index contributed by atoms with van der Waals surface area (Å²) in [4.78, 5) is 2.47. The Labute approximate surface area is 125 Å². The summed E-state index contributed by atoms with van der Waals surface area (Å²) >= 11 is 0. The van der Waals surface area contributed by atoms with Gasteiger partial charge in [0.1, 0.15) is 0 Å². The van der Waals surface area contributed by atoms with Crippen LogP contribution in [0.2, 0.25) is 0 Å². The lowest BCUT2D eigenvalue weighted by Gasteiger charge is -2.47. The Morgan fingerprint density at radius 3 is 2.05 bits per heavy atom. The van der Waals surface area contributed by atoms with Crippen molar-refractivity contribution in [2.45, 2.75) is 84.6 Å². The van der Waals surface area contributed by atoms with Crippen LogP contribution in [0.4, 0.5) is 0 Å². The third-order valence-corrected chi connectivity index (χ3v) is 5.07. The second-order valence-electron chi connectivity index (χ2n) is 7.75. The summed E-state index contributed by atoms with van der Waals surface area (Å²) in [7, 11) is 0. The fourth-order valence-electron chi connectivity index (χ4n) is 4.17. The van der Waals surface area contributed by atoms with Gasteiger partial charge in [0.05, 0.1) is 11.2 Å². The Balaban J connectivity index is 3.07. The van der Waals surface area contributed by atoms with E-state index in [1.807, 2.05) is 0 Å². The van der Waals surface area contributed by atoms with Crippen molar-refractivity contribution in [3.63, 3.8) is 0 Å².